The molecule has 0 aliphatic heterocycles. The van der Waals surface area contributed by atoms with E-state index in [1.54, 1.807) is 18.0 Å². The van der Waals surface area contributed by atoms with E-state index in [0.717, 1.165) is 29.4 Å². The van der Waals surface area contributed by atoms with Crippen molar-refractivity contribution < 1.29 is 9.53 Å². The van der Waals surface area contributed by atoms with Gasteiger partial charge < -0.3 is 14.6 Å². The van der Waals surface area contributed by atoms with Gasteiger partial charge in [-0.3, -0.25) is 14.2 Å². The number of amides is 1. The summed E-state index contributed by atoms with van der Waals surface area (Å²) in [6, 6.07) is 9.58. The predicted molar refractivity (Wildman–Crippen MR) is 125 cm³/mol. The van der Waals surface area contributed by atoms with Crippen molar-refractivity contribution in [1.82, 2.24) is 24.0 Å². The van der Waals surface area contributed by atoms with Gasteiger partial charge in [-0.1, -0.05) is 50.1 Å². The fourth-order valence-electron chi connectivity index (χ4n) is 4.57. The maximum absolute atomic E-state index is 13.4. The Morgan fingerprint density at radius 2 is 1.91 bits per heavy atom. The van der Waals surface area contributed by atoms with Crippen LogP contribution in [-0.2, 0) is 29.2 Å². The minimum absolute atomic E-state index is 0.0736. The molecule has 1 aliphatic carbocycles. The van der Waals surface area contributed by atoms with E-state index in [0.29, 0.717) is 30.2 Å². The first-order valence-electron chi connectivity index (χ1n) is 11.5. The smallest absolute Gasteiger partial charge is 0.333 e. The standard InChI is InChI=1S/C24H31N5O4/c1-17-8-6-7-11-19(17)26-20(30)15-29-23(31)21-22(25-16-27(21)12-13-33-2)28(24(29)32)14-18-9-4-3-5-10-18/h3-5,9-10,16-17,19H,6-8,11-15H2,1-2H3,(H,26,30). The number of fused-ring (bicyclic) bond motifs is 1. The Morgan fingerprint density at radius 1 is 1.15 bits per heavy atom. The van der Waals surface area contributed by atoms with E-state index in [9.17, 15) is 14.4 Å². The highest BCUT2D eigenvalue weighted by Gasteiger charge is 2.24. The van der Waals surface area contributed by atoms with Gasteiger partial charge in [0.25, 0.3) is 5.56 Å². The lowest BCUT2D eigenvalue weighted by Gasteiger charge is -2.29. The minimum Gasteiger partial charge on any atom is -0.383 e. The van der Waals surface area contributed by atoms with Crippen molar-refractivity contribution in [3.05, 3.63) is 63.1 Å². The van der Waals surface area contributed by atoms with Gasteiger partial charge in [0.05, 0.1) is 19.5 Å². The lowest BCUT2D eigenvalue weighted by molar-refractivity contribution is -0.123. The fraction of sp³-hybridized carbons (Fsp3) is 0.500. The molecule has 9 nitrogen and oxygen atoms in total. The molecule has 2 atom stereocenters. The van der Waals surface area contributed by atoms with E-state index in [1.807, 2.05) is 30.3 Å². The van der Waals surface area contributed by atoms with Gasteiger partial charge in [-0.2, -0.15) is 0 Å². The van der Waals surface area contributed by atoms with Crippen LogP contribution < -0.4 is 16.6 Å². The quantitative estimate of drug-likeness (QED) is 0.560. The molecule has 33 heavy (non-hydrogen) atoms. The Labute approximate surface area is 192 Å². The summed E-state index contributed by atoms with van der Waals surface area (Å²) in [5, 5.41) is 3.04. The van der Waals surface area contributed by atoms with Crippen molar-refractivity contribution >= 4 is 17.1 Å². The molecule has 2 aromatic heterocycles. The van der Waals surface area contributed by atoms with E-state index < -0.39 is 11.2 Å². The molecule has 1 saturated carbocycles. The maximum atomic E-state index is 13.4. The van der Waals surface area contributed by atoms with Gasteiger partial charge in [0.1, 0.15) is 6.54 Å². The molecule has 2 unspecified atom stereocenters. The molecule has 4 rings (SSSR count). The highest BCUT2D eigenvalue weighted by Crippen LogP contribution is 2.23. The molecule has 1 N–H and O–H groups in total. The number of benzene rings is 1. The predicted octanol–water partition coefficient (Wildman–Crippen LogP) is 1.75. The van der Waals surface area contributed by atoms with Crippen LogP contribution in [0, 0.1) is 5.92 Å². The normalized spacial score (nSPS) is 18.5. The summed E-state index contributed by atoms with van der Waals surface area (Å²) < 4.78 is 9.32. The number of aromatic nitrogens is 4. The summed E-state index contributed by atoms with van der Waals surface area (Å²) in [7, 11) is 1.58. The molecule has 176 valence electrons. The van der Waals surface area contributed by atoms with Gasteiger partial charge in [0, 0.05) is 19.7 Å². The summed E-state index contributed by atoms with van der Waals surface area (Å²) in [5.41, 5.74) is 0.446. The minimum atomic E-state index is -0.541. The molecule has 0 spiro atoms. The lowest BCUT2D eigenvalue weighted by atomic mass is 9.86. The van der Waals surface area contributed by atoms with Gasteiger partial charge in [0.15, 0.2) is 11.2 Å². The van der Waals surface area contributed by atoms with Gasteiger partial charge in [-0.15, -0.1) is 0 Å². The molecule has 1 fully saturated rings. The van der Waals surface area contributed by atoms with E-state index in [2.05, 4.69) is 17.2 Å². The third-order valence-electron chi connectivity index (χ3n) is 6.46. The number of hydrogen-bond donors (Lipinski definition) is 1. The summed E-state index contributed by atoms with van der Waals surface area (Å²) in [6.45, 7) is 2.87. The molecular formula is C24H31N5O4. The first-order chi connectivity index (χ1) is 16.0. The average molecular weight is 454 g/mol. The zero-order chi connectivity index (χ0) is 23.4. The van der Waals surface area contributed by atoms with Crippen LogP contribution in [0.5, 0.6) is 0 Å². The Morgan fingerprint density at radius 3 is 2.64 bits per heavy atom. The van der Waals surface area contributed by atoms with Gasteiger partial charge in [-0.25, -0.2) is 14.3 Å². The highest BCUT2D eigenvalue weighted by molar-refractivity contribution is 5.77. The SMILES string of the molecule is COCCn1cnc2c1c(=O)n(CC(=O)NC1CCCCC1C)c(=O)n2Cc1ccccc1. The number of methoxy groups -OCH3 is 1. The van der Waals surface area contributed by atoms with Crippen LogP contribution in [0.1, 0.15) is 38.2 Å². The van der Waals surface area contributed by atoms with Crippen LogP contribution in [0.25, 0.3) is 11.2 Å². The lowest BCUT2D eigenvalue weighted by Crippen LogP contribution is -2.47. The molecule has 0 radical (unpaired) electrons. The Bertz CT molecular complexity index is 1230. The number of nitrogens with zero attached hydrogens (tertiary/aromatic N) is 4. The molecule has 1 aromatic carbocycles. The van der Waals surface area contributed by atoms with Crippen molar-refractivity contribution in [2.75, 3.05) is 13.7 Å². The Balaban J connectivity index is 1.73. The van der Waals surface area contributed by atoms with Crippen LogP contribution in [0.4, 0.5) is 0 Å². The molecule has 9 heteroatoms. The highest BCUT2D eigenvalue weighted by atomic mass is 16.5. The molecule has 0 saturated heterocycles. The summed E-state index contributed by atoms with van der Waals surface area (Å²) >= 11 is 0. The van der Waals surface area contributed by atoms with E-state index in [1.165, 1.54) is 11.0 Å². The second-order valence-corrected chi connectivity index (χ2v) is 8.78. The largest absolute Gasteiger partial charge is 0.383 e. The van der Waals surface area contributed by atoms with Crippen molar-refractivity contribution in [2.45, 2.75) is 58.3 Å². The third kappa shape index (κ3) is 4.93. The summed E-state index contributed by atoms with van der Waals surface area (Å²) in [4.78, 5) is 44.0. The van der Waals surface area contributed by atoms with Gasteiger partial charge in [-0.05, 0) is 24.3 Å². The second kappa shape index (κ2) is 10.2. The molecular weight excluding hydrogens is 422 g/mol. The number of hydrogen-bond acceptors (Lipinski definition) is 5. The third-order valence-corrected chi connectivity index (χ3v) is 6.46. The number of ether oxygens (including phenoxy) is 1. The maximum Gasteiger partial charge on any atom is 0.333 e. The van der Waals surface area contributed by atoms with Crippen LogP contribution in [0.2, 0.25) is 0 Å². The van der Waals surface area contributed by atoms with Crippen LogP contribution in [0.15, 0.2) is 46.2 Å². The number of carbonyl (C=O) groups is 1. The van der Waals surface area contributed by atoms with Crippen LogP contribution >= 0.6 is 0 Å². The summed E-state index contributed by atoms with van der Waals surface area (Å²) in [6.07, 6.45) is 5.77. The van der Waals surface area contributed by atoms with Crippen molar-refractivity contribution in [3.8, 4) is 0 Å². The molecule has 0 bridgehead atoms. The zero-order valence-corrected chi connectivity index (χ0v) is 19.2. The Kier molecular flexibility index (Phi) is 7.08. The van der Waals surface area contributed by atoms with Crippen molar-refractivity contribution in [2.24, 2.45) is 5.92 Å². The zero-order valence-electron chi connectivity index (χ0n) is 19.2. The van der Waals surface area contributed by atoms with Gasteiger partial charge in [0.2, 0.25) is 5.91 Å². The monoisotopic (exact) mass is 453 g/mol. The molecule has 2 heterocycles. The first kappa shape index (κ1) is 23.0. The average Bonchev–Trinajstić information content (AvgIpc) is 3.24. The van der Waals surface area contributed by atoms with Gasteiger partial charge >= 0.3 is 5.69 Å². The molecule has 1 aliphatic rings. The van der Waals surface area contributed by atoms with Crippen molar-refractivity contribution in [1.29, 1.82) is 0 Å². The summed E-state index contributed by atoms with van der Waals surface area (Å²) in [5.74, 6) is 0.0636. The Hall–Kier alpha value is -3.20. The number of nitrogens with one attached hydrogen (secondary N) is 1. The number of carbonyl (C=O) groups excluding carboxylic acids is 1. The van der Waals surface area contributed by atoms with Crippen LogP contribution in [0.3, 0.4) is 0 Å². The molecule has 1 amide bonds. The van der Waals surface area contributed by atoms with E-state index in [-0.39, 0.29) is 25.0 Å². The van der Waals surface area contributed by atoms with Crippen LogP contribution in [-0.4, -0.2) is 44.4 Å². The number of imidazole rings is 1. The first-order valence-corrected chi connectivity index (χ1v) is 11.5. The molecule has 3 aromatic rings. The topological polar surface area (TPSA) is 100 Å². The van der Waals surface area contributed by atoms with Crippen molar-refractivity contribution in [3.63, 3.8) is 0 Å². The fourth-order valence-corrected chi connectivity index (χ4v) is 4.57. The van der Waals surface area contributed by atoms with E-state index in [4.69, 9.17) is 4.74 Å². The van der Waals surface area contributed by atoms with E-state index >= 15 is 0 Å². The second-order valence-electron chi connectivity index (χ2n) is 8.78. The number of rotatable bonds is 8.